The van der Waals surface area contributed by atoms with Crippen LogP contribution in [0, 0.1) is 12.7 Å². The summed E-state index contributed by atoms with van der Waals surface area (Å²) in [5.74, 6) is -1.15. The fourth-order valence-corrected chi connectivity index (χ4v) is 2.59. The lowest BCUT2D eigenvalue weighted by Gasteiger charge is -2.07. The zero-order valence-electron chi connectivity index (χ0n) is 13.6. The van der Waals surface area contributed by atoms with Gasteiger partial charge in [-0.3, -0.25) is 20.4 Å². The third-order valence-corrected chi connectivity index (χ3v) is 3.94. The van der Waals surface area contributed by atoms with Crippen LogP contribution in [0.1, 0.15) is 28.1 Å². The average molecular weight is 340 g/mol. The number of amides is 2. The van der Waals surface area contributed by atoms with E-state index >= 15 is 0 Å². The highest BCUT2D eigenvalue weighted by molar-refractivity contribution is 5.99. The number of para-hydroxylation sites is 1. The molecule has 0 aliphatic carbocycles. The minimum atomic E-state index is -0.534. The summed E-state index contributed by atoms with van der Waals surface area (Å²) in [6.45, 7) is 1.78. The van der Waals surface area contributed by atoms with Crippen LogP contribution in [0.4, 0.5) is 4.39 Å². The summed E-state index contributed by atoms with van der Waals surface area (Å²) >= 11 is 0. The molecule has 2 aromatic carbocycles. The quantitative estimate of drug-likeness (QED) is 0.716. The van der Waals surface area contributed by atoms with Gasteiger partial charge in [0.15, 0.2) is 5.76 Å². The molecule has 0 spiro atoms. The Balaban J connectivity index is 1.57. The Labute approximate surface area is 143 Å². The Morgan fingerprint density at radius 2 is 1.76 bits per heavy atom. The molecule has 0 fully saturated rings. The van der Waals surface area contributed by atoms with E-state index in [2.05, 4.69) is 10.9 Å². The number of hydrogen-bond acceptors (Lipinski definition) is 3. The molecule has 0 saturated carbocycles. The van der Waals surface area contributed by atoms with E-state index in [0.717, 1.165) is 5.39 Å². The first-order valence-corrected chi connectivity index (χ1v) is 7.87. The lowest BCUT2D eigenvalue weighted by molar-refractivity contribution is -0.121. The molecule has 2 N–H and O–H groups in total. The van der Waals surface area contributed by atoms with Crippen LogP contribution < -0.4 is 10.9 Å². The molecule has 1 heterocycles. The van der Waals surface area contributed by atoms with Crippen LogP contribution in [0.15, 0.2) is 52.9 Å². The molecule has 2 amide bonds. The topological polar surface area (TPSA) is 71.3 Å². The van der Waals surface area contributed by atoms with Crippen LogP contribution in [0.25, 0.3) is 11.0 Å². The molecule has 5 nitrogen and oxygen atoms in total. The minimum Gasteiger partial charge on any atom is -0.451 e. The summed E-state index contributed by atoms with van der Waals surface area (Å²) in [6, 6.07) is 13.6. The van der Waals surface area contributed by atoms with Gasteiger partial charge in [-0.05, 0) is 31.0 Å². The van der Waals surface area contributed by atoms with Gasteiger partial charge in [0.1, 0.15) is 11.4 Å². The Kier molecular flexibility index (Phi) is 4.79. The van der Waals surface area contributed by atoms with Gasteiger partial charge in [0.05, 0.1) is 0 Å². The van der Waals surface area contributed by atoms with E-state index in [0.29, 0.717) is 16.7 Å². The van der Waals surface area contributed by atoms with E-state index < -0.39 is 11.8 Å². The van der Waals surface area contributed by atoms with Crippen molar-refractivity contribution in [1.29, 1.82) is 0 Å². The molecule has 0 atom stereocenters. The van der Waals surface area contributed by atoms with E-state index in [1.54, 1.807) is 31.2 Å². The first-order chi connectivity index (χ1) is 12.1. The van der Waals surface area contributed by atoms with Gasteiger partial charge >= 0.3 is 5.91 Å². The van der Waals surface area contributed by atoms with Crippen LogP contribution in [0.3, 0.4) is 0 Å². The summed E-state index contributed by atoms with van der Waals surface area (Å²) in [6.07, 6.45) is 0.304. The molecule has 3 aromatic rings. The van der Waals surface area contributed by atoms with Crippen molar-refractivity contribution in [2.75, 3.05) is 0 Å². The van der Waals surface area contributed by atoms with Gasteiger partial charge in [0.2, 0.25) is 5.91 Å². The number of halogens is 1. The average Bonchev–Trinajstić information content (AvgIpc) is 2.96. The zero-order valence-corrected chi connectivity index (χ0v) is 13.6. The standard InChI is InChI=1S/C19H17FN2O3/c1-12-14-7-3-5-9-16(14)25-18(12)19(24)22-21-17(23)11-10-13-6-2-4-8-15(13)20/h2-9H,10-11H2,1H3,(H,21,23)(H,22,24). The Hall–Kier alpha value is -3.15. The van der Waals surface area contributed by atoms with Gasteiger partial charge in [-0.15, -0.1) is 0 Å². The minimum absolute atomic E-state index is 0.0559. The van der Waals surface area contributed by atoms with Crippen molar-refractivity contribution < 1.29 is 18.4 Å². The largest absolute Gasteiger partial charge is 0.451 e. The number of furan rings is 1. The predicted molar refractivity (Wildman–Crippen MR) is 91.3 cm³/mol. The number of hydrazine groups is 1. The van der Waals surface area contributed by atoms with Crippen molar-refractivity contribution in [3.8, 4) is 0 Å². The molecule has 3 rings (SSSR count). The second-order valence-electron chi connectivity index (χ2n) is 5.65. The number of hydrogen-bond donors (Lipinski definition) is 2. The zero-order chi connectivity index (χ0) is 17.8. The highest BCUT2D eigenvalue weighted by Crippen LogP contribution is 2.24. The first-order valence-electron chi connectivity index (χ1n) is 7.87. The number of nitrogens with one attached hydrogen (secondary N) is 2. The Morgan fingerprint density at radius 3 is 2.52 bits per heavy atom. The van der Waals surface area contributed by atoms with Crippen molar-refractivity contribution in [2.24, 2.45) is 0 Å². The number of fused-ring (bicyclic) bond motifs is 1. The molecule has 0 radical (unpaired) electrons. The lowest BCUT2D eigenvalue weighted by Crippen LogP contribution is -2.41. The Bertz CT molecular complexity index is 933. The fraction of sp³-hybridized carbons (Fsp3) is 0.158. The summed E-state index contributed by atoms with van der Waals surface area (Å²) in [4.78, 5) is 24.0. The van der Waals surface area contributed by atoms with E-state index in [4.69, 9.17) is 4.42 Å². The number of rotatable bonds is 4. The van der Waals surface area contributed by atoms with Gasteiger partial charge in [-0.25, -0.2) is 4.39 Å². The molecule has 25 heavy (non-hydrogen) atoms. The van der Waals surface area contributed by atoms with Crippen LogP contribution in [-0.4, -0.2) is 11.8 Å². The molecule has 6 heteroatoms. The van der Waals surface area contributed by atoms with E-state index in [1.807, 2.05) is 18.2 Å². The highest BCUT2D eigenvalue weighted by atomic mass is 19.1. The maximum absolute atomic E-state index is 13.5. The van der Waals surface area contributed by atoms with Crippen molar-refractivity contribution in [2.45, 2.75) is 19.8 Å². The van der Waals surface area contributed by atoms with Gasteiger partial charge in [0, 0.05) is 17.4 Å². The van der Waals surface area contributed by atoms with E-state index in [-0.39, 0.29) is 24.4 Å². The van der Waals surface area contributed by atoms with Crippen molar-refractivity contribution in [3.63, 3.8) is 0 Å². The third kappa shape index (κ3) is 3.68. The highest BCUT2D eigenvalue weighted by Gasteiger charge is 2.17. The van der Waals surface area contributed by atoms with Gasteiger partial charge in [-0.2, -0.15) is 0 Å². The summed E-state index contributed by atoms with van der Waals surface area (Å²) in [5.41, 5.74) is 6.41. The molecule has 1 aromatic heterocycles. The molecule has 0 aliphatic rings. The van der Waals surface area contributed by atoms with Crippen LogP contribution in [0.2, 0.25) is 0 Å². The van der Waals surface area contributed by atoms with Crippen molar-refractivity contribution in [3.05, 3.63) is 71.2 Å². The Morgan fingerprint density at radius 1 is 1.04 bits per heavy atom. The van der Waals surface area contributed by atoms with Crippen LogP contribution in [0.5, 0.6) is 0 Å². The lowest BCUT2D eigenvalue weighted by atomic mass is 10.1. The monoisotopic (exact) mass is 340 g/mol. The van der Waals surface area contributed by atoms with Crippen LogP contribution in [-0.2, 0) is 11.2 Å². The first kappa shape index (κ1) is 16.7. The molecular formula is C19H17FN2O3. The smallest absolute Gasteiger partial charge is 0.305 e. The fourth-order valence-electron chi connectivity index (χ4n) is 2.59. The summed E-state index contributed by atoms with van der Waals surface area (Å²) in [7, 11) is 0. The molecule has 128 valence electrons. The third-order valence-electron chi connectivity index (χ3n) is 3.94. The van der Waals surface area contributed by atoms with Crippen molar-refractivity contribution >= 4 is 22.8 Å². The SMILES string of the molecule is Cc1c(C(=O)NNC(=O)CCc2ccccc2F)oc2ccccc12. The number of aryl methyl sites for hydroxylation is 2. The maximum atomic E-state index is 13.5. The van der Waals surface area contributed by atoms with E-state index in [1.165, 1.54) is 6.07 Å². The maximum Gasteiger partial charge on any atom is 0.305 e. The number of benzene rings is 2. The second-order valence-corrected chi connectivity index (χ2v) is 5.65. The molecular weight excluding hydrogens is 323 g/mol. The second kappa shape index (κ2) is 7.17. The van der Waals surface area contributed by atoms with Crippen LogP contribution >= 0.6 is 0 Å². The predicted octanol–water partition coefficient (Wildman–Crippen LogP) is 3.27. The molecule has 0 saturated heterocycles. The molecule has 0 aliphatic heterocycles. The summed E-state index contributed by atoms with van der Waals surface area (Å²) < 4.78 is 19.0. The van der Waals surface area contributed by atoms with Gasteiger partial charge < -0.3 is 4.42 Å². The normalized spacial score (nSPS) is 10.6. The van der Waals surface area contributed by atoms with Crippen molar-refractivity contribution in [1.82, 2.24) is 10.9 Å². The number of carbonyl (C=O) groups is 2. The molecule has 0 unspecified atom stereocenters. The van der Waals surface area contributed by atoms with Gasteiger partial charge in [0.25, 0.3) is 0 Å². The van der Waals surface area contributed by atoms with Gasteiger partial charge in [-0.1, -0.05) is 36.4 Å². The van der Waals surface area contributed by atoms with E-state index in [9.17, 15) is 14.0 Å². The molecule has 0 bridgehead atoms. The summed E-state index contributed by atoms with van der Waals surface area (Å²) in [5, 5.41) is 0.846. The number of carbonyl (C=O) groups excluding carboxylic acids is 2.